The maximum absolute atomic E-state index is 12.2. The van der Waals surface area contributed by atoms with Crippen LogP contribution in [0.5, 0.6) is 0 Å². The van der Waals surface area contributed by atoms with Gasteiger partial charge in [0.25, 0.3) is 0 Å². The molecule has 0 radical (unpaired) electrons. The van der Waals surface area contributed by atoms with Crippen molar-refractivity contribution < 1.29 is 18.0 Å². The van der Waals surface area contributed by atoms with Crippen molar-refractivity contribution in [1.82, 2.24) is 15.1 Å². The molecule has 0 aliphatic carbocycles. The van der Waals surface area contributed by atoms with E-state index in [1.54, 1.807) is 7.05 Å². The molecule has 0 heterocycles. The van der Waals surface area contributed by atoms with Crippen molar-refractivity contribution in [1.29, 1.82) is 0 Å². The molecule has 0 aromatic heterocycles. The predicted molar refractivity (Wildman–Crippen MR) is 86.3 cm³/mol. The smallest absolute Gasteiger partial charge is 0.347 e. The number of likely N-dealkylation sites (N-methyl/N-ethyl adjacent to an activating group) is 1. The molecule has 0 aromatic carbocycles. The van der Waals surface area contributed by atoms with Crippen molar-refractivity contribution in [2.75, 3.05) is 40.8 Å². The normalized spacial score (nSPS) is 12.0. The first kappa shape index (κ1) is 21.3. The van der Waals surface area contributed by atoms with E-state index in [-0.39, 0.29) is 6.54 Å². The summed E-state index contributed by atoms with van der Waals surface area (Å²) in [7, 11) is 4.52. The fraction of sp³-hybridized carbons (Fsp3) is 0.733. The topological polar surface area (TPSA) is 47.9 Å². The van der Waals surface area contributed by atoms with Crippen LogP contribution in [-0.4, -0.2) is 68.6 Å². The molecule has 0 bridgehead atoms. The average Bonchev–Trinajstić information content (AvgIpc) is 2.45. The largest absolute Gasteiger partial charge is 0.406 e. The summed E-state index contributed by atoms with van der Waals surface area (Å²) in [5, 5.41) is 2.79. The summed E-state index contributed by atoms with van der Waals surface area (Å²) >= 11 is 0. The molecule has 0 aliphatic rings. The van der Waals surface area contributed by atoms with E-state index in [1.807, 2.05) is 18.0 Å². The zero-order valence-electron chi connectivity index (χ0n) is 14.1. The van der Waals surface area contributed by atoms with E-state index in [9.17, 15) is 18.0 Å². The van der Waals surface area contributed by atoms with Crippen LogP contribution in [0.1, 0.15) is 25.7 Å². The number of halogens is 3. The van der Waals surface area contributed by atoms with E-state index < -0.39 is 18.6 Å². The van der Waals surface area contributed by atoms with Crippen molar-refractivity contribution in [2.45, 2.75) is 31.9 Å². The molecule has 0 fully saturated rings. The molecule has 0 aliphatic heterocycles. The molecular formula is C15H27F3N4O. The maximum atomic E-state index is 12.2. The second kappa shape index (κ2) is 10.9. The van der Waals surface area contributed by atoms with E-state index in [0.29, 0.717) is 10.9 Å². The van der Waals surface area contributed by atoms with Crippen molar-refractivity contribution in [3.63, 3.8) is 0 Å². The summed E-state index contributed by atoms with van der Waals surface area (Å²) in [4.78, 5) is 18.2. The second-order valence-corrected chi connectivity index (χ2v) is 5.33. The molecule has 0 spiro atoms. The summed E-state index contributed by atoms with van der Waals surface area (Å²) in [6, 6.07) is 0. The summed E-state index contributed by atoms with van der Waals surface area (Å²) in [6.07, 6.45) is 1.57. The number of aliphatic imine (C=N–C) groups is 1. The zero-order chi connectivity index (χ0) is 17.9. The predicted octanol–water partition coefficient (Wildman–Crippen LogP) is 2.26. The minimum atomic E-state index is -4.39. The second-order valence-electron chi connectivity index (χ2n) is 5.33. The quantitative estimate of drug-likeness (QED) is 0.304. The molecule has 0 saturated carbocycles. The number of amides is 1. The molecule has 0 rings (SSSR count). The number of alkyl halides is 3. The third-order valence-electron chi connectivity index (χ3n) is 3.22. The zero-order valence-corrected chi connectivity index (χ0v) is 14.1. The van der Waals surface area contributed by atoms with Crippen LogP contribution in [0.2, 0.25) is 0 Å². The number of allylic oxidation sites excluding steroid dienone is 1. The van der Waals surface area contributed by atoms with Gasteiger partial charge in [0.15, 0.2) is 5.96 Å². The van der Waals surface area contributed by atoms with E-state index in [1.165, 1.54) is 0 Å². The SMILES string of the molecule is C=CCCCCCN(C)C(=NC)NCC(=O)N(C)CC(F)(F)F. The number of guanidine groups is 1. The first-order chi connectivity index (χ1) is 10.7. The Morgan fingerprint density at radius 1 is 1.22 bits per heavy atom. The molecule has 0 unspecified atom stereocenters. The Labute approximate surface area is 136 Å². The molecule has 23 heavy (non-hydrogen) atoms. The van der Waals surface area contributed by atoms with Gasteiger partial charge >= 0.3 is 6.18 Å². The molecular weight excluding hydrogens is 309 g/mol. The molecule has 1 amide bonds. The van der Waals surface area contributed by atoms with Crippen molar-refractivity contribution in [2.24, 2.45) is 4.99 Å². The minimum absolute atomic E-state index is 0.222. The van der Waals surface area contributed by atoms with Crippen LogP contribution in [0.4, 0.5) is 13.2 Å². The minimum Gasteiger partial charge on any atom is -0.347 e. The lowest BCUT2D eigenvalue weighted by atomic mass is 10.2. The standard InChI is InChI=1S/C15H27F3N4O/c1-5-6-7-8-9-10-21(3)14(19-2)20-11-13(23)22(4)12-15(16,17)18/h5H,1,6-12H2,2-4H3,(H,19,20). The number of hydrogen-bond donors (Lipinski definition) is 1. The number of carbonyl (C=O) groups is 1. The van der Waals surface area contributed by atoms with Gasteiger partial charge < -0.3 is 15.1 Å². The summed E-state index contributed by atoms with van der Waals surface area (Å²) in [5.74, 6) is -0.148. The fourth-order valence-corrected chi connectivity index (χ4v) is 1.95. The summed E-state index contributed by atoms with van der Waals surface area (Å²) in [5.41, 5.74) is 0. The third kappa shape index (κ3) is 10.6. The van der Waals surface area contributed by atoms with Gasteiger partial charge in [-0.2, -0.15) is 13.2 Å². The number of carbonyl (C=O) groups excluding carboxylic acids is 1. The maximum Gasteiger partial charge on any atom is 0.406 e. The fourth-order valence-electron chi connectivity index (χ4n) is 1.95. The number of nitrogens with one attached hydrogen (secondary N) is 1. The van der Waals surface area contributed by atoms with Crippen molar-refractivity contribution in [3.8, 4) is 0 Å². The number of unbranched alkanes of at least 4 members (excludes halogenated alkanes) is 3. The Balaban J connectivity index is 4.18. The highest BCUT2D eigenvalue weighted by Gasteiger charge is 2.31. The molecule has 0 aromatic rings. The molecule has 5 nitrogen and oxygen atoms in total. The average molecular weight is 336 g/mol. The Morgan fingerprint density at radius 2 is 1.87 bits per heavy atom. The van der Waals surface area contributed by atoms with E-state index in [2.05, 4.69) is 16.9 Å². The van der Waals surface area contributed by atoms with Crippen molar-refractivity contribution in [3.05, 3.63) is 12.7 Å². The highest BCUT2D eigenvalue weighted by molar-refractivity contribution is 5.86. The van der Waals surface area contributed by atoms with Gasteiger partial charge in [0.1, 0.15) is 6.54 Å². The molecule has 134 valence electrons. The lowest BCUT2D eigenvalue weighted by Crippen LogP contribution is -2.46. The van der Waals surface area contributed by atoms with Gasteiger partial charge in [0.05, 0.1) is 6.54 Å². The van der Waals surface area contributed by atoms with Gasteiger partial charge in [0, 0.05) is 27.7 Å². The van der Waals surface area contributed by atoms with Crippen LogP contribution in [0.15, 0.2) is 17.6 Å². The van der Waals surface area contributed by atoms with Crippen LogP contribution in [-0.2, 0) is 4.79 Å². The van der Waals surface area contributed by atoms with Gasteiger partial charge in [-0.25, -0.2) is 0 Å². The van der Waals surface area contributed by atoms with Crippen molar-refractivity contribution >= 4 is 11.9 Å². The Hall–Kier alpha value is -1.73. The third-order valence-corrected chi connectivity index (χ3v) is 3.22. The number of nitrogens with zero attached hydrogens (tertiary/aromatic N) is 3. The Bertz CT molecular complexity index is 397. The Morgan fingerprint density at radius 3 is 2.39 bits per heavy atom. The molecule has 0 saturated heterocycles. The Kier molecular flexibility index (Phi) is 10.1. The van der Waals surface area contributed by atoms with Gasteiger partial charge in [-0.3, -0.25) is 9.79 Å². The highest BCUT2D eigenvalue weighted by atomic mass is 19.4. The first-order valence-electron chi connectivity index (χ1n) is 7.54. The molecule has 8 heteroatoms. The lowest BCUT2D eigenvalue weighted by Gasteiger charge is -2.24. The van der Waals surface area contributed by atoms with Gasteiger partial charge in [0.2, 0.25) is 5.91 Å². The monoisotopic (exact) mass is 336 g/mol. The number of rotatable bonds is 9. The summed E-state index contributed by atoms with van der Waals surface area (Å²) in [6.45, 7) is 2.94. The number of hydrogen-bond acceptors (Lipinski definition) is 2. The van der Waals surface area contributed by atoms with Crippen LogP contribution < -0.4 is 5.32 Å². The summed E-state index contributed by atoms with van der Waals surface area (Å²) < 4.78 is 36.7. The lowest BCUT2D eigenvalue weighted by molar-refractivity contribution is -0.157. The van der Waals surface area contributed by atoms with Crippen LogP contribution in [0.25, 0.3) is 0 Å². The van der Waals surface area contributed by atoms with Crippen LogP contribution in [0.3, 0.4) is 0 Å². The van der Waals surface area contributed by atoms with Gasteiger partial charge in [-0.1, -0.05) is 12.5 Å². The van der Waals surface area contributed by atoms with Gasteiger partial charge in [-0.05, 0) is 19.3 Å². The van der Waals surface area contributed by atoms with E-state index in [4.69, 9.17) is 0 Å². The first-order valence-corrected chi connectivity index (χ1v) is 7.54. The van der Waals surface area contributed by atoms with E-state index in [0.717, 1.165) is 39.3 Å². The molecule has 1 N–H and O–H groups in total. The van der Waals surface area contributed by atoms with E-state index >= 15 is 0 Å². The highest BCUT2D eigenvalue weighted by Crippen LogP contribution is 2.15. The van der Waals surface area contributed by atoms with Crippen LogP contribution >= 0.6 is 0 Å². The van der Waals surface area contributed by atoms with Gasteiger partial charge in [-0.15, -0.1) is 6.58 Å². The van der Waals surface area contributed by atoms with Crippen LogP contribution in [0, 0.1) is 0 Å². The molecule has 0 atom stereocenters.